The van der Waals surface area contributed by atoms with Crippen molar-refractivity contribution in [1.82, 2.24) is 0 Å². The van der Waals surface area contributed by atoms with Crippen LogP contribution in [0.1, 0.15) is 22.3 Å². The monoisotopic (exact) mass is 550 g/mol. The molecule has 0 saturated carbocycles. The Kier molecular flexibility index (Phi) is 7.90. The first kappa shape index (κ1) is 28.0. The number of benzene rings is 4. The summed E-state index contributed by atoms with van der Waals surface area (Å²) in [5.74, 6) is -5.94. The molecule has 0 spiro atoms. The molecule has 0 unspecified atom stereocenters. The maximum atomic E-state index is 14.9. The lowest BCUT2D eigenvalue weighted by Gasteiger charge is -2.12. The molecular weight excluding hydrogens is 531 g/mol. The summed E-state index contributed by atoms with van der Waals surface area (Å²) >= 11 is 0. The Morgan fingerprint density at radius 1 is 0.590 bits per heavy atom. The second kappa shape index (κ2) is 11.0. The van der Waals surface area contributed by atoms with Gasteiger partial charge in [-0.05, 0) is 84.5 Å². The molecule has 0 atom stereocenters. The van der Waals surface area contributed by atoms with E-state index in [1.807, 2.05) is 0 Å². The van der Waals surface area contributed by atoms with Crippen molar-refractivity contribution in [2.75, 3.05) is 0 Å². The van der Waals surface area contributed by atoms with Crippen molar-refractivity contribution < 1.29 is 39.5 Å². The number of aryl methyl sites for hydroxylation is 2. The highest BCUT2D eigenvalue weighted by Crippen LogP contribution is 2.32. The van der Waals surface area contributed by atoms with Gasteiger partial charge in [0.15, 0.2) is 0 Å². The molecule has 0 N–H and O–H groups in total. The van der Waals surface area contributed by atoms with Gasteiger partial charge in [-0.1, -0.05) is 24.3 Å². The number of allylic oxidation sites excluding steroid dienone is 1. The molecule has 0 saturated heterocycles. The lowest BCUT2D eigenvalue weighted by molar-refractivity contribution is -0.0790. The minimum absolute atomic E-state index is 0.0259. The van der Waals surface area contributed by atoms with E-state index >= 15 is 0 Å². The van der Waals surface area contributed by atoms with Gasteiger partial charge in [0.2, 0.25) is 0 Å². The summed E-state index contributed by atoms with van der Waals surface area (Å²) in [7, 11) is 0. The predicted octanol–water partition coefficient (Wildman–Crippen LogP) is 9.52. The molecule has 0 radical (unpaired) electrons. The van der Waals surface area contributed by atoms with Crippen molar-refractivity contribution in [3.05, 3.63) is 124 Å². The SMILES string of the molecule is Cc1ccc(-c2ccc(-c3cc(F)c(CCc4cc(F)c(/C=C/C(F)(F)F)c(F)c4)c(F)c3)c(F)c2)c(F)c1. The van der Waals surface area contributed by atoms with Crippen LogP contribution < -0.4 is 0 Å². The first-order chi connectivity index (χ1) is 18.3. The average molecular weight is 550 g/mol. The molecule has 9 heteroatoms. The zero-order chi connectivity index (χ0) is 28.5. The van der Waals surface area contributed by atoms with E-state index < -0.39 is 52.2 Å². The molecule has 4 aromatic rings. The van der Waals surface area contributed by atoms with Crippen LogP contribution in [-0.4, -0.2) is 6.18 Å². The van der Waals surface area contributed by atoms with Crippen LogP contribution in [0.3, 0.4) is 0 Å². The van der Waals surface area contributed by atoms with Crippen molar-refractivity contribution in [1.29, 1.82) is 0 Å². The van der Waals surface area contributed by atoms with Crippen molar-refractivity contribution in [2.24, 2.45) is 0 Å². The molecule has 4 rings (SSSR count). The lowest BCUT2D eigenvalue weighted by atomic mass is 9.96. The van der Waals surface area contributed by atoms with Crippen molar-refractivity contribution in [3.63, 3.8) is 0 Å². The molecule has 0 aromatic heterocycles. The van der Waals surface area contributed by atoms with Gasteiger partial charge in [-0.25, -0.2) is 26.3 Å². The summed E-state index contributed by atoms with van der Waals surface area (Å²) in [6.45, 7) is 1.70. The Labute approximate surface area is 218 Å². The zero-order valence-electron chi connectivity index (χ0n) is 20.2. The van der Waals surface area contributed by atoms with Gasteiger partial charge in [0, 0.05) is 28.3 Å². The van der Waals surface area contributed by atoms with Crippen LogP contribution in [0, 0.1) is 41.8 Å². The van der Waals surface area contributed by atoms with Crippen molar-refractivity contribution in [3.8, 4) is 22.3 Å². The minimum atomic E-state index is -4.76. The van der Waals surface area contributed by atoms with Crippen molar-refractivity contribution in [2.45, 2.75) is 25.9 Å². The highest BCUT2D eigenvalue weighted by molar-refractivity contribution is 5.72. The van der Waals surface area contributed by atoms with Gasteiger partial charge in [0.05, 0.1) is 0 Å². The van der Waals surface area contributed by atoms with E-state index in [-0.39, 0.29) is 52.8 Å². The second-order valence-corrected chi connectivity index (χ2v) is 8.94. The van der Waals surface area contributed by atoms with E-state index in [0.29, 0.717) is 5.56 Å². The lowest BCUT2D eigenvalue weighted by Crippen LogP contribution is -2.03. The maximum Gasteiger partial charge on any atom is 0.409 e. The number of hydrogen-bond acceptors (Lipinski definition) is 0. The molecule has 202 valence electrons. The molecular formula is C30H19F9. The van der Waals surface area contributed by atoms with Crippen molar-refractivity contribution >= 4 is 6.08 Å². The van der Waals surface area contributed by atoms with E-state index in [0.717, 1.165) is 30.3 Å². The molecule has 39 heavy (non-hydrogen) atoms. The van der Waals surface area contributed by atoms with E-state index in [4.69, 9.17) is 0 Å². The van der Waals surface area contributed by atoms with Gasteiger partial charge in [-0.15, -0.1) is 0 Å². The van der Waals surface area contributed by atoms with Gasteiger partial charge >= 0.3 is 6.18 Å². The highest BCUT2D eigenvalue weighted by Gasteiger charge is 2.23. The van der Waals surface area contributed by atoms with E-state index in [2.05, 4.69) is 0 Å². The molecule has 0 aliphatic carbocycles. The predicted molar refractivity (Wildman–Crippen MR) is 131 cm³/mol. The van der Waals surface area contributed by atoms with E-state index in [1.54, 1.807) is 13.0 Å². The van der Waals surface area contributed by atoms with Gasteiger partial charge in [0.1, 0.15) is 34.9 Å². The fourth-order valence-electron chi connectivity index (χ4n) is 4.16. The summed E-state index contributed by atoms with van der Waals surface area (Å²) in [5, 5.41) is 0. The number of hydrogen-bond donors (Lipinski definition) is 0. The minimum Gasteiger partial charge on any atom is -0.207 e. The third kappa shape index (κ3) is 6.53. The molecule has 0 bridgehead atoms. The number of rotatable bonds is 6. The normalized spacial score (nSPS) is 11.9. The Balaban J connectivity index is 1.55. The summed E-state index contributed by atoms with van der Waals surface area (Å²) in [6.07, 6.45) is -5.37. The Hall–Kier alpha value is -4.01. The summed E-state index contributed by atoms with van der Waals surface area (Å²) in [4.78, 5) is 0. The first-order valence-electron chi connectivity index (χ1n) is 11.6. The van der Waals surface area contributed by atoms with Crippen LogP contribution in [0.2, 0.25) is 0 Å². The molecule has 0 amide bonds. The first-order valence-corrected chi connectivity index (χ1v) is 11.6. The highest BCUT2D eigenvalue weighted by atomic mass is 19.4. The third-order valence-electron chi connectivity index (χ3n) is 6.10. The standard InChI is InChI=1S/C30H19F9/c1-16-2-5-20(24(31)10-16)18-4-7-21(27(34)13-18)19-14-28(35)22(29(36)15-19)6-3-17-11-25(32)23(26(33)12-17)8-9-30(37,38)39/h2,4-5,7-15H,3,6H2,1H3/b9-8+. The quantitative estimate of drug-likeness (QED) is 0.210. The smallest absolute Gasteiger partial charge is 0.207 e. The summed E-state index contributed by atoms with van der Waals surface area (Å²) < 4.78 is 124. The fourth-order valence-corrected chi connectivity index (χ4v) is 4.16. The maximum absolute atomic E-state index is 14.9. The number of alkyl halides is 3. The molecule has 0 nitrogen and oxygen atoms in total. The van der Waals surface area contributed by atoms with Crippen LogP contribution in [0.15, 0.2) is 66.7 Å². The summed E-state index contributed by atoms with van der Waals surface area (Å²) in [6, 6.07) is 11.6. The van der Waals surface area contributed by atoms with Crippen LogP contribution in [0.25, 0.3) is 28.3 Å². The Morgan fingerprint density at radius 3 is 1.69 bits per heavy atom. The number of halogens is 9. The summed E-state index contributed by atoms with van der Waals surface area (Å²) in [5.41, 5.74) is -0.480. The zero-order valence-corrected chi connectivity index (χ0v) is 20.2. The van der Waals surface area contributed by atoms with E-state index in [9.17, 15) is 39.5 Å². The van der Waals surface area contributed by atoms with Crippen LogP contribution in [-0.2, 0) is 12.8 Å². The van der Waals surface area contributed by atoms with Gasteiger partial charge in [-0.2, -0.15) is 13.2 Å². The Bertz CT molecular complexity index is 1520. The van der Waals surface area contributed by atoms with Gasteiger partial charge < -0.3 is 0 Å². The molecule has 0 fully saturated rings. The largest absolute Gasteiger partial charge is 0.409 e. The Morgan fingerprint density at radius 2 is 1.13 bits per heavy atom. The molecule has 4 aromatic carbocycles. The van der Waals surface area contributed by atoms with Crippen LogP contribution in [0.5, 0.6) is 0 Å². The van der Waals surface area contributed by atoms with Crippen LogP contribution in [0.4, 0.5) is 39.5 Å². The topological polar surface area (TPSA) is 0 Å². The second-order valence-electron chi connectivity index (χ2n) is 8.94. The fraction of sp³-hybridized carbons (Fsp3) is 0.133. The van der Waals surface area contributed by atoms with E-state index in [1.165, 1.54) is 24.3 Å². The van der Waals surface area contributed by atoms with Gasteiger partial charge in [-0.3, -0.25) is 0 Å². The molecule has 0 aliphatic rings. The molecule has 0 heterocycles. The van der Waals surface area contributed by atoms with Gasteiger partial charge in [0.25, 0.3) is 0 Å². The third-order valence-corrected chi connectivity index (χ3v) is 6.10. The molecule has 0 aliphatic heterocycles. The van der Waals surface area contributed by atoms with Crippen LogP contribution >= 0.6 is 0 Å². The average Bonchev–Trinajstić information content (AvgIpc) is 2.82.